The minimum absolute atomic E-state index is 0.617. The molecule has 4 heteroatoms. The first-order valence-corrected chi connectivity index (χ1v) is 8.00. The summed E-state index contributed by atoms with van der Waals surface area (Å²) in [6, 6.07) is 7.17. The molecule has 1 unspecified atom stereocenters. The summed E-state index contributed by atoms with van der Waals surface area (Å²) in [7, 11) is 0. The van der Waals surface area contributed by atoms with Gasteiger partial charge in [0.15, 0.2) is 0 Å². The van der Waals surface area contributed by atoms with Gasteiger partial charge in [-0.15, -0.1) is 0 Å². The van der Waals surface area contributed by atoms with Crippen molar-refractivity contribution < 1.29 is 0 Å². The van der Waals surface area contributed by atoms with Crippen molar-refractivity contribution in [1.82, 2.24) is 0 Å². The molecule has 1 saturated heterocycles. The van der Waals surface area contributed by atoms with Crippen molar-refractivity contribution in [2.45, 2.75) is 19.4 Å². The van der Waals surface area contributed by atoms with Crippen LogP contribution >= 0.6 is 27.7 Å². The molecule has 94 valence electrons. The largest absolute Gasteiger partial charge is 0.367 e. The van der Waals surface area contributed by atoms with Crippen LogP contribution in [0.5, 0.6) is 0 Å². The highest BCUT2D eigenvalue weighted by molar-refractivity contribution is 9.10. The summed E-state index contributed by atoms with van der Waals surface area (Å²) in [5.41, 5.74) is 8.43. The van der Waals surface area contributed by atoms with E-state index in [4.69, 9.17) is 5.73 Å². The van der Waals surface area contributed by atoms with Crippen molar-refractivity contribution in [3.63, 3.8) is 0 Å². The Morgan fingerprint density at radius 1 is 1.53 bits per heavy atom. The van der Waals surface area contributed by atoms with Gasteiger partial charge < -0.3 is 10.6 Å². The minimum atomic E-state index is 0.617. The molecule has 2 rings (SSSR count). The van der Waals surface area contributed by atoms with E-state index in [9.17, 15) is 0 Å². The fourth-order valence-electron chi connectivity index (χ4n) is 2.28. The van der Waals surface area contributed by atoms with Crippen LogP contribution in [-0.2, 0) is 6.42 Å². The molecule has 17 heavy (non-hydrogen) atoms. The molecule has 1 aromatic carbocycles. The molecular weight excluding hydrogens is 296 g/mol. The van der Waals surface area contributed by atoms with Gasteiger partial charge in [0.1, 0.15) is 0 Å². The number of halogens is 1. The Hall–Kier alpha value is -0.190. The Morgan fingerprint density at radius 2 is 2.35 bits per heavy atom. The predicted octanol–water partition coefficient (Wildman–Crippen LogP) is 2.89. The van der Waals surface area contributed by atoms with Crippen LogP contribution in [-0.4, -0.2) is 30.6 Å². The molecule has 1 heterocycles. The summed E-state index contributed by atoms with van der Waals surface area (Å²) in [5.74, 6) is 2.45. The van der Waals surface area contributed by atoms with Gasteiger partial charge in [0.05, 0.1) is 0 Å². The van der Waals surface area contributed by atoms with E-state index < -0.39 is 0 Å². The molecule has 1 atom stereocenters. The zero-order chi connectivity index (χ0) is 12.3. The lowest BCUT2D eigenvalue weighted by molar-refractivity contribution is 0.695. The Kier molecular flexibility index (Phi) is 4.77. The monoisotopic (exact) mass is 314 g/mol. The molecular formula is C13H19BrN2S. The third kappa shape index (κ3) is 3.18. The second kappa shape index (κ2) is 6.12. The lowest BCUT2D eigenvalue weighted by Crippen LogP contribution is -2.41. The van der Waals surface area contributed by atoms with Gasteiger partial charge in [-0.05, 0) is 43.7 Å². The molecule has 0 radical (unpaired) electrons. The average molecular weight is 315 g/mol. The molecule has 0 aromatic heterocycles. The highest BCUT2D eigenvalue weighted by Gasteiger charge is 2.20. The fraction of sp³-hybridized carbons (Fsp3) is 0.538. The topological polar surface area (TPSA) is 29.3 Å². The molecule has 0 saturated carbocycles. The maximum atomic E-state index is 5.71. The van der Waals surface area contributed by atoms with Crippen LogP contribution in [0.3, 0.4) is 0 Å². The van der Waals surface area contributed by atoms with Crippen LogP contribution in [0.25, 0.3) is 0 Å². The number of anilines is 1. The van der Waals surface area contributed by atoms with Crippen molar-refractivity contribution in [3.8, 4) is 0 Å². The van der Waals surface area contributed by atoms with Crippen LogP contribution in [0.2, 0.25) is 0 Å². The molecule has 2 N–H and O–H groups in total. The normalized spacial score (nSPS) is 20.6. The maximum absolute atomic E-state index is 5.71. The Bertz CT molecular complexity index is 384. The first-order chi connectivity index (χ1) is 8.22. The number of benzene rings is 1. The molecule has 0 amide bonds. The van der Waals surface area contributed by atoms with Crippen molar-refractivity contribution >= 4 is 33.4 Å². The predicted molar refractivity (Wildman–Crippen MR) is 81.0 cm³/mol. The quantitative estimate of drug-likeness (QED) is 0.930. The molecule has 0 spiro atoms. The SMILES string of the molecule is CC1CSCCN1c1ccc(Br)cc1CCN. The Balaban J connectivity index is 2.29. The molecule has 1 aliphatic rings. The number of nitrogens with two attached hydrogens (primary N) is 1. The smallest absolute Gasteiger partial charge is 0.0402 e. The van der Waals surface area contributed by atoms with Crippen LogP contribution < -0.4 is 10.6 Å². The fourth-order valence-corrected chi connectivity index (χ4v) is 3.70. The summed E-state index contributed by atoms with van der Waals surface area (Å²) >= 11 is 5.59. The van der Waals surface area contributed by atoms with Crippen molar-refractivity contribution in [2.75, 3.05) is 29.5 Å². The summed E-state index contributed by atoms with van der Waals surface area (Å²) in [5, 5.41) is 0. The zero-order valence-electron chi connectivity index (χ0n) is 10.2. The molecule has 0 bridgehead atoms. The highest BCUT2D eigenvalue weighted by Crippen LogP contribution is 2.29. The van der Waals surface area contributed by atoms with Gasteiger partial charge in [-0.2, -0.15) is 11.8 Å². The van der Waals surface area contributed by atoms with Crippen LogP contribution in [0.4, 0.5) is 5.69 Å². The second-order valence-electron chi connectivity index (χ2n) is 4.43. The summed E-state index contributed by atoms with van der Waals surface area (Å²) in [6.07, 6.45) is 0.950. The van der Waals surface area contributed by atoms with Crippen molar-refractivity contribution in [1.29, 1.82) is 0 Å². The van der Waals surface area contributed by atoms with E-state index in [-0.39, 0.29) is 0 Å². The van der Waals surface area contributed by atoms with Gasteiger partial charge in [0.25, 0.3) is 0 Å². The average Bonchev–Trinajstić information content (AvgIpc) is 2.31. The van der Waals surface area contributed by atoms with E-state index >= 15 is 0 Å². The summed E-state index contributed by atoms with van der Waals surface area (Å²) in [4.78, 5) is 2.52. The zero-order valence-corrected chi connectivity index (χ0v) is 12.6. The van der Waals surface area contributed by atoms with Gasteiger partial charge in [-0.25, -0.2) is 0 Å². The van der Waals surface area contributed by atoms with Crippen molar-refractivity contribution in [2.24, 2.45) is 5.73 Å². The molecule has 1 fully saturated rings. The van der Waals surface area contributed by atoms with Gasteiger partial charge in [-0.3, -0.25) is 0 Å². The third-order valence-electron chi connectivity index (χ3n) is 3.13. The van der Waals surface area contributed by atoms with Crippen molar-refractivity contribution in [3.05, 3.63) is 28.2 Å². The number of hydrogen-bond donors (Lipinski definition) is 1. The Labute approximate surface area is 116 Å². The van der Waals surface area contributed by atoms with E-state index in [1.54, 1.807) is 0 Å². The number of hydrogen-bond acceptors (Lipinski definition) is 3. The maximum Gasteiger partial charge on any atom is 0.0402 e. The number of rotatable bonds is 3. The summed E-state index contributed by atoms with van der Waals surface area (Å²) < 4.78 is 1.14. The highest BCUT2D eigenvalue weighted by atomic mass is 79.9. The van der Waals surface area contributed by atoms with Crippen LogP contribution in [0.1, 0.15) is 12.5 Å². The van der Waals surface area contributed by atoms with E-state index in [1.165, 1.54) is 22.8 Å². The lowest BCUT2D eigenvalue weighted by Gasteiger charge is -2.36. The molecule has 1 aliphatic heterocycles. The number of thioether (sulfide) groups is 1. The first-order valence-electron chi connectivity index (χ1n) is 6.05. The van der Waals surface area contributed by atoms with E-state index in [1.807, 2.05) is 11.8 Å². The third-order valence-corrected chi connectivity index (χ3v) is 4.81. The standard InChI is InChI=1S/C13H19BrN2S/c1-10-9-17-7-6-16(10)13-3-2-12(14)8-11(13)4-5-15/h2-3,8,10H,4-7,9,15H2,1H3. The van der Waals surface area contributed by atoms with E-state index in [0.717, 1.165) is 17.4 Å². The molecule has 1 aromatic rings. The first kappa shape index (κ1) is 13.2. The lowest BCUT2D eigenvalue weighted by atomic mass is 10.1. The Morgan fingerprint density at radius 3 is 3.06 bits per heavy atom. The summed E-state index contributed by atoms with van der Waals surface area (Å²) in [6.45, 7) is 4.16. The van der Waals surface area contributed by atoms with Gasteiger partial charge in [0.2, 0.25) is 0 Å². The van der Waals surface area contributed by atoms with E-state index in [0.29, 0.717) is 12.6 Å². The molecule has 0 aliphatic carbocycles. The van der Waals surface area contributed by atoms with Crippen LogP contribution in [0, 0.1) is 0 Å². The van der Waals surface area contributed by atoms with Gasteiger partial charge >= 0.3 is 0 Å². The van der Waals surface area contributed by atoms with Gasteiger partial charge in [-0.1, -0.05) is 15.9 Å². The van der Waals surface area contributed by atoms with Crippen LogP contribution in [0.15, 0.2) is 22.7 Å². The van der Waals surface area contributed by atoms with E-state index in [2.05, 4.69) is 46.0 Å². The molecule has 2 nitrogen and oxygen atoms in total. The van der Waals surface area contributed by atoms with Gasteiger partial charge in [0, 0.05) is 34.3 Å². The second-order valence-corrected chi connectivity index (χ2v) is 6.49. The number of nitrogens with zero attached hydrogens (tertiary/aromatic N) is 1. The minimum Gasteiger partial charge on any atom is -0.367 e.